The maximum absolute atomic E-state index is 12.5. The minimum atomic E-state index is -3.69. The van der Waals surface area contributed by atoms with E-state index in [1.54, 1.807) is 41.0 Å². The number of carbonyl (C=O) groups is 1. The lowest BCUT2D eigenvalue weighted by Crippen LogP contribution is -2.22. The second-order valence-electron chi connectivity index (χ2n) is 6.95. The first kappa shape index (κ1) is 23.3. The molecule has 11 heteroatoms. The third kappa shape index (κ3) is 6.10. The molecule has 0 spiro atoms. The molecule has 0 bridgehead atoms. The Bertz CT molecular complexity index is 1370. The van der Waals surface area contributed by atoms with Gasteiger partial charge < -0.3 is 9.30 Å². The molecule has 2 aromatic carbocycles. The molecular formula is C20H22N2O6S3. The Labute approximate surface area is 184 Å². The number of rotatable bonds is 8. The van der Waals surface area contributed by atoms with Crippen LogP contribution in [0.3, 0.4) is 0 Å². The standard InChI is InChI=1S/C20H22N2O6S3/c1-28-11-10-22-17-9-8-16(30(2,24)25)12-18(17)29-20(22)21-19(23)14-31(26,27)13-15-6-4-3-5-7-15/h3-9,12H,10-11,13-14H2,1-2H3. The lowest BCUT2D eigenvalue weighted by molar-refractivity contribution is -0.115. The number of thiazole rings is 1. The number of benzene rings is 2. The summed E-state index contributed by atoms with van der Waals surface area (Å²) in [6, 6.07) is 13.3. The fourth-order valence-corrected chi connectivity index (χ4v) is 6.05. The summed E-state index contributed by atoms with van der Waals surface area (Å²) in [4.78, 5) is 16.9. The highest BCUT2D eigenvalue weighted by Crippen LogP contribution is 2.22. The molecule has 0 unspecified atom stereocenters. The number of ether oxygens (including phenoxy) is 1. The van der Waals surface area contributed by atoms with Crippen LogP contribution in [-0.4, -0.2) is 53.0 Å². The van der Waals surface area contributed by atoms with Crippen LogP contribution < -0.4 is 4.80 Å². The second kappa shape index (κ2) is 9.43. The van der Waals surface area contributed by atoms with Crippen molar-refractivity contribution in [1.29, 1.82) is 0 Å². The van der Waals surface area contributed by atoms with Gasteiger partial charge in [-0.05, 0) is 23.8 Å². The molecule has 0 fully saturated rings. The largest absolute Gasteiger partial charge is 0.383 e. The molecular weight excluding hydrogens is 460 g/mol. The summed E-state index contributed by atoms with van der Waals surface area (Å²) in [5.41, 5.74) is 1.29. The van der Waals surface area contributed by atoms with Crippen LogP contribution in [0.4, 0.5) is 0 Å². The first-order chi connectivity index (χ1) is 14.6. The molecule has 3 aromatic rings. The van der Waals surface area contributed by atoms with Gasteiger partial charge in [0.1, 0.15) is 5.75 Å². The number of sulfone groups is 2. The van der Waals surface area contributed by atoms with E-state index in [4.69, 9.17) is 4.74 Å². The van der Waals surface area contributed by atoms with E-state index < -0.39 is 31.3 Å². The average molecular weight is 483 g/mol. The molecule has 166 valence electrons. The summed E-state index contributed by atoms with van der Waals surface area (Å²) in [6.07, 6.45) is 1.12. The fraction of sp³-hybridized carbons (Fsp3) is 0.300. The van der Waals surface area contributed by atoms with Crippen molar-refractivity contribution in [3.63, 3.8) is 0 Å². The average Bonchev–Trinajstić information content (AvgIpc) is 3.01. The summed E-state index contributed by atoms with van der Waals surface area (Å²) in [5.74, 6) is -1.74. The third-order valence-corrected chi connectivity index (χ3v) is 8.01. The number of amides is 1. The van der Waals surface area contributed by atoms with Crippen molar-refractivity contribution >= 4 is 47.1 Å². The van der Waals surface area contributed by atoms with E-state index in [2.05, 4.69) is 4.99 Å². The number of aromatic nitrogens is 1. The van der Waals surface area contributed by atoms with Gasteiger partial charge in [-0.2, -0.15) is 4.99 Å². The number of hydrogen-bond donors (Lipinski definition) is 0. The van der Waals surface area contributed by atoms with Gasteiger partial charge in [-0.3, -0.25) is 4.79 Å². The molecule has 0 atom stereocenters. The number of fused-ring (bicyclic) bond motifs is 1. The quantitative estimate of drug-likeness (QED) is 0.484. The first-order valence-corrected chi connectivity index (χ1v) is 13.8. The Morgan fingerprint density at radius 2 is 1.81 bits per heavy atom. The van der Waals surface area contributed by atoms with Crippen molar-refractivity contribution in [2.75, 3.05) is 25.7 Å². The predicted octanol–water partition coefficient (Wildman–Crippen LogP) is 1.80. The van der Waals surface area contributed by atoms with Gasteiger partial charge in [0.2, 0.25) is 0 Å². The molecule has 1 aromatic heterocycles. The van der Waals surface area contributed by atoms with Gasteiger partial charge >= 0.3 is 0 Å². The highest BCUT2D eigenvalue weighted by molar-refractivity contribution is 7.91. The van der Waals surface area contributed by atoms with Crippen molar-refractivity contribution in [2.45, 2.75) is 17.2 Å². The molecule has 0 saturated heterocycles. The minimum absolute atomic E-state index is 0.156. The Morgan fingerprint density at radius 3 is 2.45 bits per heavy atom. The van der Waals surface area contributed by atoms with Crippen LogP contribution in [0.1, 0.15) is 5.56 Å². The molecule has 1 heterocycles. The van der Waals surface area contributed by atoms with Crippen LogP contribution in [-0.2, 0) is 41.5 Å². The molecule has 1 amide bonds. The van der Waals surface area contributed by atoms with Crippen molar-refractivity contribution in [1.82, 2.24) is 4.57 Å². The Morgan fingerprint density at radius 1 is 1.10 bits per heavy atom. The van der Waals surface area contributed by atoms with Crippen LogP contribution in [0, 0.1) is 0 Å². The Balaban J connectivity index is 1.96. The van der Waals surface area contributed by atoms with E-state index >= 15 is 0 Å². The Kier molecular flexibility index (Phi) is 7.10. The monoisotopic (exact) mass is 482 g/mol. The van der Waals surface area contributed by atoms with E-state index in [1.807, 2.05) is 0 Å². The van der Waals surface area contributed by atoms with Gasteiger partial charge in [-0.1, -0.05) is 41.7 Å². The minimum Gasteiger partial charge on any atom is -0.383 e. The molecule has 3 rings (SSSR count). The smallest absolute Gasteiger partial charge is 0.263 e. The molecule has 31 heavy (non-hydrogen) atoms. The summed E-state index contributed by atoms with van der Waals surface area (Å²) in [6.45, 7) is 0.713. The van der Waals surface area contributed by atoms with Crippen molar-refractivity contribution in [3.05, 3.63) is 58.9 Å². The molecule has 0 N–H and O–H groups in total. The zero-order valence-corrected chi connectivity index (χ0v) is 19.5. The summed E-state index contributed by atoms with van der Waals surface area (Å²) >= 11 is 1.12. The molecule has 0 aliphatic rings. The van der Waals surface area contributed by atoms with E-state index in [9.17, 15) is 21.6 Å². The highest BCUT2D eigenvalue weighted by atomic mass is 32.2. The molecule has 0 aliphatic heterocycles. The molecule has 0 aliphatic carbocycles. The third-order valence-electron chi connectivity index (χ3n) is 4.39. The topological polar surface area (TPSA) is 112 Å². The van der Waals surface area contributed by atoms with Crippen molar-refractivity contribution in [2.24, 2.45) is 4.99 Å². The number of nitrogens with zero attached hydrogens (tertiary/aromatic N) is 2. The lowest BCUT2D eigenvalue weighted by atomic mass is 10.2. The van der Waals surface area contributed by atoms with Gasteiger partial charge in [-0.25, -0.2) is 16.8 Å². The van der Waals surface area contributed by atoms with E-state index in [0.29, 0.717) is 28.9 Å². The van der Waals surface area contributed by atoms with Crippen molar-refractivity contribution in [3.8, 4) is 0 Å². The van der Waals surface area contributed by atoms with Crippen LogP contribution in [0.5, 0.6) is 0 Å². The Hall–Kier alpha value is -2.34. The summed E-state index contributed by atoms with van der Waals surface area (Å²) < 4.78 is 56.0. The number of methoxy groups -OCH3 is 1. The fourth-order valence-electron chi connectivity index (χ4n) is 2.97. The van der Waals surface area contributed by atoms with Crippen LogP contribution in [0.25, 0.3) is 10.2 Å². The number of carbonyl (C=O) groups excluding carboxylic acids is 1. The van der Waals surface area contributed by atoms with E-state index in [0.717, 1.165) is 17.6 Å². The van der Waals surface area contributed by atoms with Crippen LogP contribution >= 0.6 is 11.3 Å². The van der Waals surface area contributed by atoms with Crippen molar-refractivity contribution < 1.29 is 26.4 Å². The van der Waals surface area contributed by atoms with Crippen LogP contribution in [0.2, 0.25) is 0 Å². The summed E-state index contributed by atoms with van der Waals surface area (Å²) in [5, 5.41) is 0. The molecule has 8 nitrogen and oxygen atoms in total. The lowest BCUT2D eigenvalue weighted by Gasteiger charge is -2.05. The first-order valence-electron chi connectivity index (χ1n) is 9.23. The molecule has 0 saturated carbocycles. The zero-order valence-electron chi connectivity index (χ0n) is 17.0. The summed E-state index contributed by atoms with van der Waals surface area (Å²) in [7, 11) is -5.55. The SMILES string of the molecule is COCCn1c(=NC(=O)CS(=O)(=O)Cc2ccccc2)sc2cc(S(C)(=O)=O)ccc21. The normalized spacial score (nSPS) is 13.0. The zero-order chi connectivity index (χ0) is 22.6. The van der Waals surface area contributed by atoms with E-state index in [-0.39, 0.29) is 15.4 Å². The van der Waals surface area contributed by atoms with Gasteiger partial charge in [0.05, 0.1) is 27.5 Å². The second-order valence-corrected chi connectivity index (χ2v) is 12.0. The van der Waals surface area contributed by atoms with Gasteiger partial charge in [-0.15, -0.1) is 0 Å². The maximum atomic E-state index is 12.5. The van der Waals surface area contributed by atoms with Gasteiger partial charge in [0.15, 0.2) is 24.5 Å². The van der Waals surface area contributed by atoms with Crippen LogP contribution in [0.15, 0.2) is 58.4 Å². The predicted molar refractivity (Wildman–Crippen MR) is 119 cm³/mol. The molecule has 0 radical (unpaired) electrons. The maximum Gasteiger partial charge on any atom is 0.263 e. The number of hydrogen-bond acceptors (Lipinski definition) is 7. The van der Waals surface area contributed by atoms with Gasteiger partial charge in [0.25, 0.3) is 5.91 Å². The highest BCUT2D eigenvalue weighted by Gasteiger charge is 2.18. The van der Waals surface area contributed by atoms with Gasteiger partial charge in [0, 0.05) is 19.9 Å². The van der Waals surface area contributed by atoms with E-state index in [1.165, 1.54) is 19.2 Å².